The highest BCUT2D eigenvalue weighted by Crippen LogP contribution is 2.35. The van der Waals surface area contributed by atoms with E-state index in [0.29, 0.717) is 19.0 Å². The first-order chi connectivity index (χ1) is 17.3. The van der Waals surface area contributed by atoms with Crippen LogP contribution in [0, 0.1) is 6.92 Å². The summed E-state index contributed by atoms with van der Waals surface area (Å²) in [4.78, 5) is 27.2. The summed E-state index contributed by atoms with van der Waals surface area (Å²) in [6.45, 7) is 5.35. The van der Waals surface area contributed by atoms with Crippen molar-refractivity contribution in [2.24, 2.45) is 0 Å². The number of allylic oxidation sites excluding steroid dienone is 1. The normalized spacial score (nSPS) is 22.3. The van der Waals surface area contributed by atoms with Crippen molar-refractivity contribution in [2.45, 2.75) is 38.4 Å². The standard InChI is InChI=1S/C23H30ClN4O7P/c1-3-5-16-15(2)6-4-7-17(16)27(11-9-24)12-13-33-14-18-21(35-36(31)32)20(29)22(34-18)28-10-8-19(25)26-23(28)30/h3-8,10,18,20-22,29H,9,11-14H2,1-2H3,(H2-,25,26,30,31,32)/p+1/b5-3-/t18-,20-,21-,22-/m1/s1. The summed E-state index contributed by atoms with van der Waals surface area (Å²) in [5.41, 5.74) is 8.04. The molecule has 5 atom stereocenters. The van der Waals surface area contributed by atoms with E-state index in [1.165, 1.54) is 12.3 Å². The SMILES string of the molecule is C/C=C\c1c(C)cccc1N(CCCl)CCOC[C@H]1O[C@@H](n2ccc(N)nc2=O)[C@H](O)[C@@H]1O[P+](=O)O. The van der Waals surface area contributed by atoms with E-state index >= 15 is 0 Å². The van der Waals surface area contributed by atoms with Gasteiger partial charge in [0, 0.05) is 41.0 Å². The van der Waals surface area contributed by atoms with Crippen LogP contribution >= 0.6 is 19.9 Å². The molecule has 1 fully saturated rings. The van der Waals surface area contributed by atoms with E-state index in [-0.39, 0.29) is 19.0 Å². The van der Waals surface area contributed by atoms with Crippen LogP contribution in [-0.2, 0) is 18.6 Å². The van der Waals surface area contributed by atoms with Crippen molar-refractivity contribution in [3.63, 3.8) is 0 Å². The van der Waals surface area contributed by atoms with Gasteiger partial charge in [0.25, 0.3) is 0 Å². The Labute approximate surface area is 215 Å². The summed E-state index contributed by atoms with van der Waals surface area (Å²) in [5, 5.41) is 10.7. The number of anilines is 2. The molecule has 0 bridgehead atoms. The molecule has 1 aliphatic rings. The average molecular weight is 542 g/mol. The molecule has 1 aromatic carbocycles. The fourth-order valence-corrected chi connectivity index (χ4v) is 4.76. The zero-order valence-corrected chi connectivity index (χ0v) is 21.7. The second-order valence-electron chi connectivity index (χ2n) is 8.16. The van der Waals surface area contributed by atoms with E-state index < -0.39 is 38.5 Å². The molecule has 196 valence electrons. The van der Waals surface area contributed by atoms with E-state index in [2.05, 4.69) is 9.88 Å². The Morgan fingerprint density at radius 1 is 1.36 bits per heavy atom. The summed E-state index contributed by atoms with van der Waals surface area (Å²) in [7, 11) is -3.04. The predicted molar refractivity (Wildman–Crippen MR) is 137 cm³/mol. The Kier molecular flexibility index (Phi) is 10.4. The third kappa shape index (κ3) is 6.89. The van der Waals surface area contributed by atoms with Gasteiger partial charge in [-0.05, 0) is 31.5 Å². The molecular weight excluding hydrogens is 511 g/mol. The highest BCUT2D eigenvalue weighted by Gasteiger charge is 2.50. The Balaban J connectivity index is 1.68. The van der Waals surface area contributed by atoms with Crippen molar-refractivity contribution in [1.82, 2.24) is 9.55 Å². The molecule has 2 heterocycles. The molecule has 1 saturated heterocycles. The van der Waals surface area contributed by atoms with Crippen LogP contribution in [0.25, 0.3) is 6.08 Å². The number of aromatic nitrogens is 2. The molecule has 0 saturated carbocycles. The molecule has 36 heavy (non-hydrogen) atoms. The molecule has 0 radical (unpaired) electrons. The van der Waals surface area contributed by atoms with E-state index in [9.17, 15) is 19.4 Å². The van der Waals surface area contributed by atoms with Crippen molar-refractivity contribution in [3.05, 3.63) is 58.1 Å². The van der Waals surface area contributed by atoms with Gasteiger partial charge >= 0.3 is 13.9 Å². The van der Waals surface area contributed by atoms with Crippen LogP contribution in [0.1, 0.15) is 24.3 Å². The lowest BCUT2D eigenvalue weighted by molar-refractivity contribution is -0.0663. The maximum absolute atomic E-state index is 12.2. The third-order valence-electron chi connectivity index (χ3n) is 5.76. The van der Waals surface area contributed by atoms with Gasteiger partial charge in [-0.2, -0.15) is 4.98 Å². The van der Waals surface area contributed by atoms with Crippen molar-refractivity contribution >= 4 is 37.4 Å². The topological polar surface area (TPSA) is 149 Å². The van der Waals surface area contributed by atoms with Crippen LogP contribution in [0.3, 0.4) is 0 Å². The van der Waals surface area contributed by atoms with Gasteiger partial charge in [-0.25, -0.2) is 4.79 Å². The van der Waals surface area contributed by atoms with Crippen LogP contribution in [0.2, 0.25) is 0 Å². The molecule has 4 N–H and O–H groups in total. The first-order valence-corrected chi connectivity index (χ1v) is 13.0. The third-order valence-corrected chi connectivity index (χ3v) is 6.36. The molecule has 1 unspecified atom stereocenters. The Bertz CT molecular complexity index is 1130. The summed E-state index contributed by atoms with van der Waals surface area (Å²) in [5.74, 6) is 0.440. The van der Waals surface area contributed by atoms with Crippen molar-refractivity contribution < 1.29 is 28.6 Å². The van der Waals surface area contributed by atoms with Crippen molar-refractivity contribution in [2.75, 3.05) is 42.8 Å². The lowest BCUT2D eigenvalue weighted by Crippen LogP contribution is -2.37. The monoisotopic (exact) mass is 541 g/mol. The first-order valence-electron chi connectivity index (χ1n) is 11.4. The quantitative estimate of drug-likeness (QED) is 0.207. The number of nitrogens with zero attached hydrogens (tertiary/aromatic N) is 3. The number of hydrogen-bond donors (Lipinski definition) is 3. The second kappa shape index (κ2) is 13.3. The Hall–Kier alpha value is -2.37. The smallest absolute Gasteiger partial charge is 0.385 e. The van der Waals surface area contributed by atoms with Crippen molar-refractivity contribution in [1.29, 1.82) is 0 Å². The molecule has 11 nitrogen and oxygen atoms in total. The van der Waals surface area contributed by atoms with Gasteiger partial charge < -0.3 is 25.2 Å². The number of benzene rings is 1. The minimum Gasteiger partial charge on any atom is -0.385 e. The summed E-state index contributed by atoms with van der Waals surface area (Å²) < 4.78 is 29.0. The lowest BCUT2D eigenvalue weighted by Gasteiger charge is -2.27. The fourth-order valence-electron chi connectivity index (χ4n) is 4.09. The lowest BCUT2D eigenvalue weighted by atomic mass is 10.0. The number of nitrogen functional groups attached to an aromatic ring is 1. The molecule has 0 amide bonds. The average Bonchev–Trinajstić information content (AvgIpc) is 3.12. The molecule has 1 aromatic heterocycles. The summed E-state index contributed by atoms with van der Waals surface area (Å²) in [6, 6.07) is 7.43. The van der Waals surface area contributed by atoms with Gasteiger partial charge in [-0.15, -0.1) is 21.0 Å². The first kappa shape index (κ1) is 28.2. The maximum atomic E-state index is 12.2. The molecule has 3 rings (SSSR count). The van der Waals surface area contributed by atoms with Crippen LogP contribution < -0.4 is 16.3 Å². The molecule has 2 aromatic rings. The molecule has 0 spiro atoms. The highest BCUT2D eigenvalue weighted by molar-refractivity contribution is 7.32. The molecule has 13 heteroatoms. The predicted octanol–water partition coefficient (Wildman–Crippen LogP) is 2.22. The fraction of sp³-hybridized carbons (Fsp3) is 0.478. The van der Waals surface area contributed by atoms with E-state index in [0.717, 1.165) is 21.4 Å². The van der Waals surface area contributed by atoms with Crippen molar-refractivity contribution in [3.8, 4) is 0 Å². The number of aryl methyl sites for hydroxylation is 1. The summed E-state index contributed by atoms with van der Waals surface area (Å²) >= 11 is 6.06. The minimum atomic E-state index is -3.04. The Morgan fingerprint density at radius 2 is 2.14 bits per heavy atom. The maximum Gasteiger partial charge on any atom is 0.695 e. The number of rotatable bonds is 12. The summed E-state index contributed by atoms with van der Waals surface area (Å²) in [6.07, 6.45) is 0.621. The van der Waals surface area contributed by atoms with Gasteiger partial charge in [0.15, 0.2) is 12.3 Å². The second-order valence-corrected chi connectivity index (χ2v) is 9.23. The van der Waals surface area contributed by atoms with Gasteiger partial charge in [0.05, 0.1) is 13.2 Å². The highest BCUT2D eigenvalue weighted by atomic mass is 35.5. The largest absolute Gasteiger partial charge is 0.695 e. The van der Waals surface area contributed by atoms with Crippen LogP contribution in [0.4, 0.5) is 11.5 Å². The van der Waals surface area contributed by atoms with E-state index in [4.69, 9.17) is 31.3 Å². The van der Waals surface area contributed by atoms with E-state index in [1.54, 1.807) is 0 Å². The number of ether oxygens (including phenoxy) is 2. The number of nitrogens with two attached hydrogens (primary N) is 1. The molecule has 0 aliphatic carbocycles. The number of hydrogen-bond acceptors (Lipinski definition) is 9. The molecular formula is C23H31ClN4O7P+. The zero-order chi connectivity index (χ0) is 26.2. The van der Waals surface area contributed by atoms with Crippen LogP contribution in [-0.4, -0.2) is 70.0 Å². The number of aliphatic hydroxyl groups is 1. The van der Waals surface area contributed by atoms with Crippen LogP contribution in [0.15, 0.2) is 41.3 Å². The Morgan fingerprint density at radius 3 is 2.81 bits per heavy atom. The van der Waals surface area contributed by atoms with Gasteiger partial charge in [-0.3, -0.25) is 4.57 Å². The van der Waals surface area contributed by atoms with Crippen LogP contribution in [0.5, 0.6) is 0 Å². The van der Waals surface area contributed by atoms with E-state index in [1.807, 2.05) is 44.2 Å². The number of halogens is 1. The van der Waals surface area contributed by atoms with Gasteiger partial charge in [0.1, 0.15) is 18.0 Å². The number of alkyl halides is 1. The zero-order valence-electron chi connectivity index (χ0n) is 20.1. The number of aliphatic hydroxyl groups excluding tert-OH is 1. The van der Waals surface area contributed by atoms with Gasteiger partial charge in [0.2, 0.25) is 0 Å². The van der Waals surface area contributed by atoms with Gasteiger partial charge in [-0.1, -0.05) is 24.3 Å². The molecule has 1 aliphatic heterocycles. The minimum absolute atomic E-state index is 0.0163.